The van der Waals surface area contributed by atoms with Crippen LogP contribution in [0.15, 0.2) is 22.6 Å². The molecule has 2 heterocycles. The smallest absolute Gasteiger partial charge is 0.198 e. The molecule has 0 aliphatic carbocycles. The highest BCUT2D eigenvalue weighted by Crippen LogP contribution is 2.29. The zero-order valence-electron chi connectivity index (χ0n) is 11.1. The van der Waals surface area contributed by atoms with Gasteiger partial charge < -0.3 is 9.73 Å². The number of hydrogen-bond acceptors (Lipinski definition) is 3. The van der Waals surface area contributed by atoms with Gasteiger partial charge in [-0.2, -0.15) is 0 Å². The van der Waals surface area contributed by atoms with Gasteiger partial charge in [0.2, 0.25) is 0 Å². The Morgan fingerprint density at radius 2 is 2.33 bits per heavy atom. The average molecular weight is 244 g/mol. The lowest BCUT2D eigenvalue weighted by Gasteiger charge is -2.25. The van der Waals surface area contributed by atoms with Gasteiger partial charge in [-0.3, -0.25) is 0 Å². The Kier molecular flexibility index (Phi) is 3.08. The van der Waals surface area contributed by atoms with Crippen molar-refractivity contribution in [3.8, 4) is 0 Å². The van der Waals surface area contributed by atoms with Crippen LogP contribution in [-0.4, -0.2) is 17.6 Å². The van der Waals surface area contributed by atoms with Crippen molar-refractivity contribution in [2.75, 3.05) is 6.54 Å². The van der Waals surface area contributed by atoms with Gasteiger partial charge in [0.05, 0.1) is 0 Å². The summed E-state index contributed by atoms with van der Waals surface area (Å²) in [5, 5.41) is 3.46. The van der Waals surface area contributed by atoms with Gasteiger partial charge in [-0.05, 0) is 50.4 Å². The highest BCUT2D eigenvalue weighted by Gasteiger charge is 2.24. The van der Waals surface area contributed by atoms with Crippen molar-refractivity contribution in [3.05, 3.63) is 29.7 Å². The molecule has 1 aliphatic rings. The number of aromatic nitrogens is 1. The van der Waals surface area contributed by atoms with Crippen molar-refractivity contribution < 1.29 is 4.42 Å². The van der Waals surface area contributed by atoms with E-state index in [2.05, 4.69) is 42.3 Å². The molecule has 0 bridgehead atoms. The largest absolute Gasteiger partial charge is 0.440 e. The molecule has 0 saturated carbocycles. The lowest BCUT2D eigenvalue weighted by atomic mass is 9.93. The second-order valence-corrected chi connectivity index (χ2v) is 5.28. The highest BCUT2D eigenvalue weighted by atomic mass is 16.3. The normalized spacial score (nSPS) is 24.6. The number of fused-ring (bicyclic) bond motifs is 1. The maximum Gasteiger partial charge on any atom is 0.198 e. The molecule has 2 atom stereocenters. The van der Waals surface area contributed by atoms with E-state index in [1.54, 1.807) is 0 Å². The molecule has 0 radical (unpaired) electrons. The van der Waals surface area contributed by atoms with Gasteiger partial charge in [-0.1, -0.05) is 13.0 Å². The third kappa shape index (κ3) is 2.15. The van der Waals surface area contributed by atoms with Crippen molar-refractivity contribution >= 4 is 11.1 Å². The number of rotatable bonds is 2. The SMILES string of the molecule is CCc1ccc2oc(C3CCNC(C)C3)nc2c1. The van der Waals surface area contributed by atoms with Crippen LogP contribution in [0.1, 0.15) is 44.1 Å². The molecule has 2 unspecified atom stereocenters. The van der Waals surface area contributed by atoms with Crippen LogP contribution in [0.3, 0.4) is 0 Å². The number of aryl methyl sites for hydroxylation is 1. The Labute approximate surface area is 108 Å². The van der Waals surface area contributed by atoms with Gasteiger partial charge in [-0.25, -0.2) is 4.98 Å². The summed E-state index contributed by atoms with van der Waals surface area (Å²) in [5.74, 6) is 1.39. The van der Waals surface area contributed by atoms with Gasteiger partial charge in [0.15, 0.2) is 11.5 Å². The van der Waals surface area contributed by atoms with Crippen LogP contribution in [0.25, 0.3) is 11.1 Å². The molecule has 3 nitrogen and oxygen atoms in total. The van der Waals surface area contributed by atoms with Gasteiger partial charge >= 0.3 is 0 Å². The molecule has 3 rings (SSSR count). The van der Waals surface area contributed by atoms with E-state index in [9.17, 15) is 0 Å². The third-order valence-electron chi connectivity index (χ3n) is 3.85. The van der Waals surface area contributed by atoms with Crippen molar-refractivity contribution in [1.29, 1.82) is 0 Å². The fraction of sp³-hybridized carbons (Fsp3) is 0.533. The molecule has 1 fully saturated rings. The van der Waals surface area contributed by atoms with Crippen molar-refractivity contribution in [3.63, 3.8) is 0 Å². The first kappa shape index (κ1) is 11.7. The van der Waals surface area contributed by atoms with E-state index in [1.807, 2.05) is 0 Å². The van der Waals surface area contributed by atoms with E-state index in [4.69, 9.17) is 4.42 Å². The van der Waals surface area contributed by atoms with E-state index in [0.717, 1.165) is 42.8 Å². The summed E-state index contributed by atoms with van der Waals surface area (Å²) in [6, 6.07) is 6.88. The van der Waals surface area contributed by atoms with Crippen LogP contribution in [0, 0.1) is 0 Å². The summed E-state index contributed by atoms with van der Waals surface area (Å²) < 4.78 is 5.92. The molecular weight excluding hydrogens is 224 g/mol. The summed E-state index contributed by atoms with van der Waals surface area (Å²) in [4.78, 5) is 4.68. The van der Waals surface area contributed by atoms with Crippen molar-refractivity contribution in [1.82, 2.24) is 10.3 Å². The lowest BCUT2D eigenvalue weighted by Crippen LogP contribution is -2.34. The summed E-state index contributed by atoms with van der Waals surface area (Å²) >= 11 is 0. The predicted molar refractivity (Wildman–Crippen MR) is 72.8 cm³/mol. The summed E-state index contributed by atoms with van der Waals surface area (Å²) in [6.45, 7) is 5.45. The molecule has 2 aromatic rings. The fourth-order valence-corrected chi connectivity index (χ4v) is 2.74. The van der Waals surface area contributed by atoms with E-state index in [1.165, 1.54) is 5.56 Å². The number of nitrogens with one attached hydrogen (secondary N) is 1. The van der Waals surface area contributed by atoms with Gasteiger partial charge in [0.1, 0.15) is 5.52 Å². The minimum absolute atomic E-state index is 0.471. The number of benzene rings is 1. The van der Waals surface area contributed by atoms with Crippen LogP contribution < -0.4 is 5.32 Å². The molecule has 18 heavy (non-hydrogen) atoms. The first-order valence-corrected chi connectivity index (χ1v) is 6.89. The second kappa shape index (κ2) is 4.73. The lowest BCUT2D eigenvalue weighted by molar-refractivity contribution is 0.336. The zero-order valence-corrected chi connectivity index (χ0v) is 11.1. The highest BCUT2D eigenvalue weighted by molar-refractivity contribution is 5.73. The number of nitrogens with zero attached hydrogens (tertiary/aromatic N) is 1. The molecule has 1 aromatic heterocycles. The zero-order chi connectivity index (χ0) is 12.5. The Balaban J connectivity index is 1.92. The van der Waals surface area contributed by atoms with Crippen LogP contribution >= 0.6 is 0 Å². The van der Waals surface area contributed by atoms with E-state index in [-0.39, 0.29) is 0 Å². The predicted octanol–water partition coefficient (Wildman–Crippen LogP) is 3.25. The molecule has 3 heteroatoms. The average Bonchev–Trinajstić information content (AvgIpc) is 2.81. The molecule has 1 saturated heterocycles. The molecular formula is C15H20N2O. The Morgan fingerprint density at radius 3 is 3.11 bits per heavy atom. The quantitative estimate of drug-likeness (QED) is 0.881. The standard InChI is InChI=1S/C15H20N2O/c1-3-11-4-5-14-13(9-11)17-15(18-14)12-6-7-16-10(2)8-12/h4-5,9-10,12,16H,3,6-8H2,1-2H3. The topological polar surface area (TPSA) is 38.1 Å². The number of oxazole rings is 1. The molecule has 96 valence electrons. The van der Waals surface area contributed by atoms with Crippen molar-refractivity contribution in [2.24, 2.45) is 0 Å². The Hall–Kier alpha value is -1.35. The Bertz CT molecular complexity index is 546. The van der Waals surface area contributed by atoms with Crippen LogP contribution in [0.4, 0.5) is 0 Å². The summed E-state index contributed by atoms with van der Waals surface area (Å²) in [6.07, 6.45) is 3.29. The van der Waals surface area contributed by atoms with Crippen molar-refractivity contribution in [2.45, 2.75) is 45.1 Å². The maximum atomic E-state index is 5.92. The number of hydrogen-bond donors (Lipinski definition) is 1. The van der Waals surface area contributed by atoms with Gasteiger partial charge in [0.25, 0.3) is 0 Å². The minimum Gasteiger partial charge on any atom is -0.440 e. The molecule has 0 amide bonds. The monoisotopic (exact) mass is 244 g/mol. The maximum absolute atomic E-state index is 5.92. The second-order valence-electron chi connectivity index (χ2n) is 5.28. The summed E-state index contributed by atoms with van der Waals surface area (Å²) in [7, 11) is 0. The van der Waals surface area contributed by atoms with Crippen LogP contribution in [0.2, 0.25) is 0 Å². The number of piperidine rings is 1. The molecule has 1 aromatic carbocycles. The minimum atomic E-state index is 0.471. The summed E-state index contributed by atoms with van der Waals surface area (Å²) in [5.41, 5.74) is 3.25. The van der Waals surface area contributed by atoms with Gasteiger partial charge in [0, 0.05) is 12.0 Å². The van der Waals surface area contributed by atoms with E-state index < -0.39 is 0 Å². The first-order valence-electron chi connectivity index (χ1n) is 6.89. The molecule has 1 N–H and O–H groups in total. The van der Waals surface area contributed by atoms with Gasteiger partial charge in [-0.15, -0.1) is 0 Å². The molecule has 0 spiro atoms. The van der Waals surface area contributed by atoms with Crippen LogP contribution in [-0.2, 0) is 6.42 Å². The van der Waals surface area contributed by atoms with E-state index >= 15 is 0 Å². The van der Waals surface area contributed by atoms with Crippen LogP contribution in [0.5, 0.6) is 0 Å². The molecule has 1 aliphatic heterocycles. The first-order chi connectivity index (χ1) is 8.76. The third-order valence-corrected chi connectivity index (χ3v) is 3.85. The van der Waals surface area contributed by atoms with E-state index in [0.29, 0.717) is 12.0 Å². The Morgan fingerprint density at radius 1 is 1.44 bits per heavy atom. The fourth-order valence-electron chi connectivity index (χ4n) is 2.74.